The highest BCUT2D eigenvalue weighted by atomic mass is 35.5. The predicted octanol–water partition coefficient (Wildman–Crippen LogP) is 4.36. The zero-order valence-corrected chi connectivity index (χ0v) is 24.6. The second kappa shape index (κ2) is 13.9. The molecule has 0 radical (unpaired) electrons. The van der Waals surface area contributed by atoms with Gasteiger partial charge in [-0.25, -0.2) is 4.79 Å². The fraction of sp³-hybridized carbons (Fsp3) is 0.548. The summed E-state index contributed by atoms with van der Waals surface area (Å²) in [6.45, 7) is 3.28. The van der Waals surface area contributed by atoms with Crippen LogP contribution >= 0.6 is 11.6 Å². The molecule has 1 aliphatic carbocycles. The topological polar surface area (TPSA) is 134 Å². The van der Waals surface area contributed by atoms with Crippen LogP contribution in [0.2, 0.25) is 5.02 Å². The first kappa shape index (κ1) is 31.1. The number of carbonyl (C=O) groups is 2. The Morgan fingerprint density at radius 3 is 2.68 bits per heavy atom. The first-order chi connectivity index (χ1) is 19.7. The Balaban J connectivity index is 1.66. The highest BCUT2D eigenvalue weighted by Crippen LogP contribution is 2.47. The molecule has 2 aromatic carbocycles. The maximum atomic E-state index is 13.5. The van der Waals surface area contributed by atoms with E-state index in [0.29, 0.717) is 73.8 Å². The third kappa shape index (κ3) is 7.15. The lowest BCUT2D eigenvalue weighted by atomic mass is 9.73. The van der Waals surface area contributed by atoms with E-state index in [4.69, 9.17) is 22.1 Å². The summed E-state index contributed by atoms with van der Waals surface area (Å²) in [5, 5.41) is 25.8. The first-order valence-electron chi connectivity index (χ1n) is 14.5. The predicted molar refractivity (Wildman–Crippen MR) is 157 cm³/mol. The third-order valence-electron chi connectivity index (χ3n) is 8.52. The number of alkyl carbamates (subject to hydrolysis) is 1. The van der Waals surface area contributed by atoms with Crippen molar-refractivity contribution in [3.05, 3.63) is 58.6 Å². The number of amides is 2. The Morgan fingerprint density at radius 2 is 1.98 bits per heavy atom. The average molecular weight is 588 g/mol. The number of nitrogens with zero attached hydrogens (tertiary/aromatic N) is 1. The first-order valence-corrected chi connectivity index (χ1v) is 14.9. The summed E-state index contributed by atoms with van der Waals surface area (Å²) in [4.78, 5) is 26.9. The molecular formula is C31H42ClN3O6. The van der Waals surface area contributed by atoms with E-state index in [2.05, 4.69) is 10.1 Å². The molecule has 1 heterocycles. The number of rotatable bonds is 10. The smallest absolute Gasteiger partial charge is 0.406 e. The number of nitrogens with two attached hydrogens (primary N) is 1. The van der Waals surface area contributed by atoms with Gasteiger partial charge in [0, 0.05) is 43.1 Å². The molecule has 4 rings (SSSR count). The summed E-state index contributed by atoms with van der Waals surface area (Å²) >= 11 is 6.72. The summed E-state index contributed by atoms with van der Waals surface area (Å²) in [5.74, 6) is 0.366. The standard InChI is InChI=1S/C31H42ClN3O6/c1-3-20-9-4-5-13-27(20)41-28-23(11-6-12-24(28)32)31(39,14-8-15-34-30(38)40-2)22-10-7-16-35(19-22)29(37)21-17-25(33)26(36)18-21/h4-6,9,11-13,21-22,25-26,36,39H,3,7-8,10,14-19,33H2,1-2H3,(H,34,38)/t21-,22+,25+,26-,31-/m0/s1. The molecule has 10 heteroatoms. The van der Waals surface area contributed by atoms with Crippen LogP contribution in [0.4, 0.5) is 4.79 Å². The molecule has 2 aromatic rings. The summed E-state index contributed by atoms with van der Waals surface area (Å²) in [5.41, 5.74) is 6.14. The van der Waals surface area contributed by atoms with Crippen LogP contribution in [0.15, 0.2) is 42.5 Å². The lowest BCUT2D eigenvalue weighted by Gasteiger charge is -2.44. The highest BCUT2D eigenvalue weighted by molar-refractivity contribution is 6.32. The van der Waals surface area contributed by atoms with Gasteiger partial charge in [0.1, 0.15) is 5.75 Å². The quantitative estimate of drug-likeness (QED) is 0.303. The molecule has 9 nitrogen and oxygen atoms in total. The Morgan fingerprint density at radius 1 is 1.20 bits per heavy atom. The van der Waals surface area contributed by atoms with Gasteiger partial charge in [-0.15, -0.1) is 0 Å². The Hall–Kier alpha value is -2.85. The zero-order valence-electron chi connectivity index (χ0n) is 23.9. The Kier molecular flexibility index (Phi) is 10.5. The summed E-state index contributed by atoms with van der Waals surface area (Å²) in [6, 6.07) is 12.7. The van der Waals surface area contributed by atoms with Crippen LogP contribution in [0.25, 0.3) is 0 Å². The van der Waals surface area contributed by atoms with Crippen LogP contribution in [-0.2, 0) is 21.6 Å². The van der Waals surface area contributed by atoms with Crippen molar-refractivity contribution in [1.82, 2.24) is 10.2 Å². The van der Waals surface area contributed by atoms with E-state index in [0.717, 1.165) is 18.4 Å². The molecule has 0 spiro atoms. The largest absolute Gasteiger partial charge is 0.455 e. The lowest BCUT2D eigenvalue weighted by Crippen LogP contribution is -2.49. The molecule has 2 aliphatic rings. The minimum absolute atomic E-state index is 0.0316. The number of carbonyl (C=O) groups excluding carboxylic acids is 2. The summed E-state index contributed by atoms with van der Waals surface area (Å²) < 4.78 is 11.1. The van der Waals surface area contributed by atoms with Crippen LogP contribution in [0.5, 0.6) is 11.5 Å². The van der Waals surface area contributed by atoms with Gasteiger partial charge < -0.3 is 35.6 Å². The molecule has 224 valence electrons. The molecule has 0 aromatic heterocycles. The number of para-hydroxylation sites is 2. The molecule has 1 saturated heterocycles. The second-order valence-corrected chi connectivity index (χ2v) is 11.6. The van der Waals surface area contributed by atoms with Gasteiger partial charge in [0.15, 0.2) is 5.75 Å². The Labute approximate surface area is 247 Å². The fourth-order valence-corrected chi connectivity index (χ4v) is 6.43. The molecule has 5 N–H and O–H groups in total. The number of aliphatic hydroxyl groups excluding tert-OH is 1. The van der Waals surface area contributed by atoms with Gasteiger partial charge in [-0.05, 0) is 62.6 Å². The maximum Gasteiger partial charge on any atom is 0.406 e. The minimum atomic E-state index is -1.41. The number of ether oxygens (including phenoxy) is 2. The van der Waals surface area contributed by atoms with Crippen LogP contribution in [0, 0.1) is 11.8 Å². The average Bonchev–Trinajstić information content (AvgIpc) is 3.33. The SMILES string of the molecule is CCc1ccccc1Oc1c(Cl)cccc1[C@](O)(CCCNC(=O)OC)[C@@H]1CCCN(C(=O)[C@H]2C[C@@H](N)[C@@H](O)C2)C1. The number of benzene rings is 2. The van der Waals surface area contributed by atoms with Crippen LogP contribution < -0.4 is 15.8 Å². The highest BCUT2D eigenvalue weighted by Gasteiger charge is 2.45. The van der Waals surface area contributed by atoms with Gasteiger partial charge in [-0.1, -0.05) is 48.9 Å². The Bertz CT molecular complexity index is 1200. The molecule has 41 heavy (non-hydrogen) atoms. The molecule has 0 unspecified atom stereocenters. The van der Waals surface area contributed by atoms with Gasteiger partial charge in [0.05, 0.1) is 23.8 Å². The van der Waals surface area contributed by atoms with E-state index in [-0.39, 0.29) is 17.7 Å². The van der Waals surface area contributed by atoms with Crippen molar-refractivity contribution in [2.24, 2.45) is 17.6 Å². The number of hydrogen-bond acceptors (Lipinski definition) is 7. The van der Waals surface area contributed by atoms with E-state index in [1.807, 2.05) is 37.3 Å². The molecular weight excluding hydrogens is 546 g/mol. The van der Waals surface area contributed by atoms with Crippen LogP contribution in [-0.4, -0.2) is 66.0 Å². The number of piperidine rings is 1. The second-order valence-electron chi connectivity index (χ2n) is 11.1. The van der Waals surface area contributed by atoms with Gasteiger partial charge in [0.2, 0.25) is 5.91 Å². The minimum Gasteiger partial charge on any atom is -0.455 e. The third-order valence-corrected chi connectivity index (χ3v) is 8.82. The molecule has 1 saturated carbocycles. The van der Waals surface area contributed by atoms with Crippen LogP contribution in [0.1, 0.15) is 56.6 Å². The number of methoxy groups -OCH3 is 1. The molecule has 2 amide bonds. The molecule has 5 atom stereocenters. The van der Waals surface area contributed by atoms with E-state index in [1.165, 1.54) is 7.11 Å². The van der Waals surface area contributed by atoms with E-state index in [1.54, 1.807) is 17.0 Å². The van der Waals surface area contributed by atoms with E-state index >= 15 is 0 Å². The van der Waals surface area contributed by atoms with Crippen molar-refractivity contribution >= 4 is 23.6 Å². The summed E-state index contributed by atoms with van der Waals surface area (Å²) in [6.07, 6.45) is 2.51. The maximum absolute atomic E-state index is 13.5. The number of aliphatic hydroxyl groups is 2. The van der Waals surface area contributed by atoms with Crippen LogP contribution in [0.3, 0.4) is 0 Å². The van der Waals surface area contributed by atoms with Crippen molar-refractivity contribution in [2.45, 2.75) is 69.6 Å². The molecule has 0 bridgehead atoms. The van der Waals surface area contributed by atoms with Gasteiger partial charge in [0.25, 0.3) is 0 Å². The lowest BCUT2D eigenvalue weighted by molar-refractivity contribution is -0.141. The van der Waals surface area contributed by atoms with E-state index < -0.39 is 23.8 Å². The van der Waals surface area contributed by atoms with E-state index in [9.17, 15) is 19.8 Å². The fourth-order valence-electron chi connectivity index (χ4n) is 6.21. The van der Waals surface area contributed by atoms with Gasteiger partial charge in [-0.3, -0.25) is 4.79 Å². The molecule has 1 aliphatic heterocycles. The number of nitrogens with one attached hydrogen (secondary N) is 1. The van der Waals surface area contributed by atoms with Crippen molar-refractivity contribution in [1.29, 1.82) is 0 Å². The van der Waals surface area contributed by atoms with Gasteiger partial charge in [-0.2, -0.15) is 0 Å². The number of likely N-dealkylation sites (tertiary alicyclic amines) is 1. The number of aryl methyl sites for hydroxylation is 1. The molecule has 2 fully saturated rings. The van der Waals surface area contributed by atoms with Crippen molar-refractivity contribution in [3.8, 4) is 11.5 Å². The van der Waals surface area contributed by atoms with Crippen molar-refractivity contribution < 1.29 is 29.3 Å². The zero-order chi connectivity index (χ0) is 29.6. The number of hydrogen-bond donors (Lipinski definition) is 4. The monoisotopic (exact) mass is 587 g/mol. The van der Waals surface area contributed by atoms with Crippen molar-refractivity contribution in [2.75, 3.05) is 26.7 Å². The van der Waals surface area contributed by atoms with Crippen molar-refractivity contribution in [3.63, 3.8) is 0 Å². The summed E-state index contributed by atoms with van der Waals surface area (Å²) in [7, 11) is 1.30. The van der Waals surface area contributed by atoms with Gasteiger partial charge >= 0.3 is 6.09 Å². The number of halogens is 1. The normalized spacial score (nSPS) is 24.0.